The summed E-state index contributed by atoms with van der Waals surface area (Å²) >= 11 is 9.50. The highest BCUT2D eigenvalue weighted by atomic mass is 79.9. The molecule has 1 aliphatic carbocycles. The zero-order chi connectivity index (χ0) is 10.7. The molecule has 1 saturated carbocycles. The lowest BCUT2D eigenvalue weighted by Crippen LogP contribution is -2.36. The molecule has 0 radical (unpaired) electrons. The number of hydrogen-bond acceptors (Lipinski definition) is 1. The van der Waals surface area contributed by atoms with Gasteiger partial charge in [0, 0.05) is 15.5 Å². The Balaban J connectivity index is 1.83. The maximum absolute atomic E-state index is 5.96. The van der Waals surface area contributed by atoms with E-state index in [4.69, 9.17) is 11.6 Å². The Labute approximate surface area is 104 Å². The fourth-order valence-electron chi connectivity index (χ4n) is 1.76. The molecule has 0 amide bonds. The summed E-state index contributed by atoms with van der Waals surface area (Å²) in [6, 6.07) is 6.73. The lowest BCUT2D eigenvalue weighted by molar-refractivity contribution is 0.342. The van der Waals surface area contributed by atoms with Gasteiger partial charge in [0.1, 0.15) is 0 Å². The molecule has 1 nitrogen and oxygen atoms in total. The van der Waals surface area contributed by atoms with E-state index in [2.05, 4.69) is 21.2 Å². The van der Waals surface area contributed by atoms with Gasteiger partial charge in [-0.25, -0.2) is 0 Å². The zero-order valence-electron chi connectivity index (χ0n) is 8.60. The van der Waals surface area contributed by atoms with Gasteiger partial charge in [-0.05, 0) is 49.6 Å². The minimum Gasteiger partial charge on any atom is -0.314 e. The van der Waals surface area contributed by atoms with Gasteiger partial charge in [0.2, 0.25) is 0 Å². The number of nitrogens with one attached hydrogen (secondary N) is 1. The molecule has 1 N–H and O–H groups in total. The summed E-state index contributed by atoms with van der Waals surface area (Å²) in [4.78, 5) is 0. The first-order valence-corrected chi connectivity index (χ1v) is 6.60. The van der Waals surface area contributed by atoms with E-state index in [9.17, 15) is 0 Å². The largest absolute Gasteiger partial charge is 0.314 e. The van der Waals surface area contributed by atoms with Crippen molar-refractivity contribution >= 4 is 27.5 Å². The van der Waals surface area contributed by atoms with E-state index in [1.807, 2.05) is 18.2 Å². The van der Waals surface area contributed by atoms with Crippen molar-refractivity contribution < 1.29 is 0 Å². The van der Waals surface area contributed by atoms with Crippen molar-refractivity contribution in [1.29, 1.82) is 0 Å². The van der Waals surface area contributed by atoms with Crippen LogP contribution in [0, 0.1) is 0 Å². The number of hydrogen-bond donors (Lipinski definition) is 1. The van der Waals surface area contributed by atoms with E-state index in [1.165, 1.54) is 24.8 Å². The molecule has 1 aromatic rings. The van der Waals surface area contributed by atoms with Gasteiger partial charge in [-0.2, -0.15) is 0 Å². The first kappa shape index (κ1) is 11.4. The molecular weight excluding hydrogens is 273 g/mol. The topological polar surface area (TPSA) is 12.0 Å². The lowest BCUT2D eigenvalue weighted by Gasteiger charge is -2.26. The van der Waals surface area contributed by atoms with Crippen LogP contribution in [0.3, 0.4) is 0 Å². The van der Waals surface area contributed by atoms with E-state index in [-0.39, 0.29) is 0 Å². The zero-order valence-corrected chi connectivity index (χ0v) is 10.9. The van der Waals surface area contributed by atoms with Crippen molar-refractivity contribution in [1.82, 2.24) is 5.32 Å². The molecule has 82 valence electrons. The van der Waals surface area contributed by atoms with Gasteiger partial charge in [0.05, 0.1) is 0 Å². The number of rotatable bonds is 4. The Morgan fingerprint density at radius 3 is 2.87 bits per heavy atom. The van der Waals surface area contributed by atoms with E-state index in [1.54, 1.807) is 0 Å². The predicted octanol–water partition coefficient (Wildman–Crippen LogP) is 3.79. The molecule has 0 aromatic heterocycles. The SMILES string of the molecule is Clc1ccc(Br)c(CCNC2CCC2)c1. The molecule has 1 fully saturated rings. The third-order valence-corrected chi connectivity index (χ3v) is 3.95. The minimum absolute atomic E-state index is 0.767. The Morgan fingerprint density at radius 2 is 2.20 bits per heavy atom. The van der Waals surface area contributed by atoms with Crippen LogP contribution in [0.5, 0.6) is 0 Å². The van der Waals surface area contributed by atoms with Gasteiger partial charge in [-0.1, -0.05) is 34.0 Å². The second-order valence-corrected chi connectivity index (χ2v) is 5.36. The van der Waals surface area contributed by atoms with Gasteiger partial charge < -0.3 is 5.32 Å². The van der Waals surface area contributed by atoms with Gasteiger partial charge >= 0.3 is 0 Å². The standard InChI is InChI=1S/C12H15BrClN/c13-12-5-4-10(14)8-9(12)6-7-15-11-2-1-3-11/h4-5,8,11,15H,1-3,6-7H2. The molecule has 3 heteroatoms. The van der Waals surface area contributed by atoms with Crippen molar-refractivity contribution in [2.24, 2.45) is 0 Å². The van der Waals surface area contributed by atoms with Crippen LogP contribution in [0.15, 0.2) is 22.7 Å². The monoisotopic (exact) mass is 287 g/mol. The summed E-state index contributed by atoms with van der Waals surface area (Å²) < 4.78 is 1.15. The molecule has 15 heavy (non-hydrogen) atoms. The van der Waals surface area contributed by atoms with Crippen LogP contribution in [0.2, 0.25) is 5.02 Å². The molecule has 0 atom stereocenters. The number of benzene rings is 1. The second kappa shape index (κ2) is 5.33. The lowest BCUT2D eigenvalue weighted by atomic mass is 9.93. The van der Waals surface area contributed by atoms with E-state index in [0.29, 0.717) is 0 Å². The third kappa shape index (κ3) is 3.20. The molecule has 1 aromatic carbocycles. The van der Waals surface area contributed by atoms with Crippen LogP contribution in [-0.4, -0.2) is 12.6 Å². The summed E-state index contributed by atoms with van der Waals surface area (Å²) in [6.45, 7) is 1.05. The van der Waals surface area contributed by atoms with Crippen molar-refractivity contribution in [3.63, 3.8) is 0 Å². The van der Waals surface area contributed by atoms with Crippen molar-refractivity contribution in [3.05, 3.63) is 33.3 Å². The maximum atomic E-state index is 5.96. The van der Waals surface area contributed by atoms with Crippen molar-refractivity contribution in [2.45, 2.75) is 31.7 Å². The van der Waals surface area contributed by atoms with Gasteiger partial charge in [-0.3, -0.25) is 0 Å². The van der Waals surface area contributed by atoms with Crippen LogP contribution in [0.4, 0.5) is 0 Å². The van der Waals surface area contributed by atoms with Crippen LogP contribution in [0.1, 0.15) is 24.8 Å². The molecule has 2 rings (SSSR count). The van der Waals surface area contributed by atoms with E-state index in [0.717, 1.165) is 28.5 Å². The average Bonchev–Trinajstić information content (AvgIpc) is 2.15. The fraction of sp³-hybridized carbons (Fsp3) is 0.500. The average molecular weight is 289 g/mol. The second-order valence-electron chi connectivity index (χ2n) is 4.07. The maximum Gasteiger partial charge on any atom is 0.0409 e. The normalized spacial score (nSPS) is 16.4. The molecule has 0 saturated heterocycles. The number of halogens is 2. The Bertz CT molecular complexity index is 336. The molecule has 0 spiro atoms. The molecule has 1 aliphatic rings. The highest BCUT2D eigenvalue weighted by Gasteiger charge is 2.15. The first-order valence-electron chi connectivity index (χ1n) is 5.43. The Hall–Kier alpha value is -0.0500. The van der Waals surface area contributed by atoms with Crippen molar-refractivity contribution in [2.75, 3.05) is 6.54 Å². The smallest absolute Gasteiger partial charge is 0.0409 e. The Kier molecular flexibility index (Phi) is 4.06. The van der Waals surface area contributed by atoms with Crippen molar-refractivity contribution in [3.8, 4) is 0 Å². The quantitative estimate of drug-likeness (QED) is 0.889. The van der Waals surface area contributed by atoms with Gasteiger partial charge in [-0.15, -0.1) is 0 Å². The molecular formula is C12H15BrClN. The van der Waals surface area contributed by atoms with Gasteiger partial charge in [0.15, 0.2) is 0 Å². The third-order valence-electron chi connectivity index (χ3n) is 2.94. The van der Waals surface area contributed by atoms with E-state index < -0.39 is 0 Å². The van der Waals surface area contributed by atoms with Crippen LogP contribution >= 0.6 is 27.5 Å². The first-order chi connectivity index (χ1) is 7.25. The van der Waals surface area contributed by atoms with Crippen LogP contribution < -0.4 is 5.32 Å². The highest BCUT2D eigenvalue weighted by Crippen LogP contribution is 2.22. The molecule has 0 aliphatic heterocycles. The Morgan fingerprint density at radius 1 is 1.40 bits per heavy atom. The van der Waals surface area contributed by atoms with Gasteiger partial charge in [0.25, 0.3) is 0 Å². The summed E-state index contributed by atoms with van der Waals surface area (Å²) in [5.74, 6) is 0. The summed E-state index contributed by atoms with van der Waals surface area (Å²) in [6.07, 6.45) is 5.11. The summed E-state index contributed by atoms with van der Waals surface area (Å²) in [5, 5.41) is 4.37. The predicted molar refractivity (Wildman–Crippen MR) is 68.5 cm³/mol. The summed E-state index contributed by atoms with van der Waals surface area (Å²) in [7, 11) is 0. The minimum atomic E-state index is 0.767. The summed E-state index contributed by atoms with van der Waals surface area (Å²) in [5.41, 5.74) is 1.29. The highest BCUT2D eigenvalue weighted by molar-refractivity contribution is 9.10. The van der Waals surface area contributed by atoms with Crippen LogP contribution in [-0.2, 0) is 6.42 Å². The molecule has 0 heterocycles. The van der Waals surface area contributed by atoms with Crippen LogP contribution in [0.25, 0.3) is 0 Å². The molecule has 0 unspecified atom stereocenters. The fourth-order valence-corrected chi connectivity index (χ4v) is 2.40. The van der Waals surface area contributed by atoms with E-state index >= 15 is 0 Å². The molecule has 0 bridgehead atoms.